The Balaban J connectivity index is 1.92. The molecule has 3 rings (SSSR count). The first-order valence-corrected chi connectivity index (χ1v) is 7.05. The number of nitrogens with one attached hydrogen (secondary N) is 1. The molecule has 106 valence electrons. The van der Waals surface area contributed by atoms with E-state index >= 15 is 0 Å². The van der Waals surface area contributed by atoms with Crippen molar-refractivity contribution >= 4 is 17.4 Å². The summed E-state index contributed by atoms with van der Waals surface area (Å²) in [6, 6.07) is 5.42. The van der Waals surface area contributed by atoms with Crippen molar-refractivity contribution in [2.45, 2.75) is 51.2 Å². The maximum absolute atomic E-state index is 12.5. The zero-order chi connectivity index (χ0) is 14.5. The molecule has 2 aliphatic heterocycles. The second kappa shape index (κ2) is 4.42. The van der Waals surface area contributed by atoms with Crippen LogP contribution in [0.1, 0.15) is 49.5 Å². The molecular formula is C16H19NO3. The Hall–Kier alpha value is -1.68. The van der Waals surface area contributed by atoms with E-state index in [9.17, 15) is 9.59 Å². The summed E-state index contributed by atoms with van der Waals surface area (Å²) < 4.78 is 5.64. The van der Waals surface area contributed by atoms with Crippen LogP contribution in [0.3, 0.4) is 0 Å². The van der Waals surface area contributed by atoms with E-state index in [1.165, 1.54) is 0 Å². The van der Waals surface area contributed by atoms with Gasteiger partial charge in [0.1, 0.15) is 6.10 Å². The monoisotopic (exact) mass is 273 g/mol. The Morgan fingerprint density at radius 3 is 2.75 bits per heavy atom. The van der Waals surface area contributed by atoms with Gasteiger partial charge in [0.2, 0.25) is 5.91 Å². The quantitative estimate of drug-likeness (QED) is 0.843. The average molecular weight is 273 g/mol. The first-order chi connectivity index (χ1) is 9.39. The van der Waals surface area contributed by atoms with E-state index in [1.807, 2.05) is 32.9 Å². The zero-order valence-electron chi connectivity index (χ0n) is 12.0. The molecule has 1 N–H and O–H groups in total. The third-order valence-corrected chi connectivity index (χ3v) is 4.32. The average Bonchev–Trinajstić information content (AvgIpc) is 2.92. The van der Waals surface area contributed by atoms with Crippen LogP contribution >= 0.6 is 0 Å². The Morgan fingerprint density at radius 2 is 2.10 bits per heavy atom. The highest BCUT2D eigenvalue weighted by Gasteiger charge is 2.39. The van der Waals surface area contributed by atoms with Crippen LogP contribution in [0, 0.1) is 0 Å². The highest BCUT2D eigenvalue weighted by atomic mass is 16.5. The summed E-state index contributed by atoms with van der Waals surface area (Å²) in [6.45, 7) is 5.73. The largest absolute Gasteiger partial charge is 0.367 e. The van der Waals surface area contributed by atoms with E-state index in [4.69, 9.17) is 4.74 Å². The summed E-state index contributed by atoms with van der Waals surface area (Å²) in [5.74, 6) is -0.00450. The number of anilines is 1. The Morgan fingerprint density at radius 1 is 1.35 bits per heavy atom. The van der Waals surface area contributed by atoms with Crippen LogP contribution in [0.4, 0.5) is 5.69 Å². The van der Waals surface area contributed by atoms with Crippen molar-refractivity contribution in [2.24, 2.45) is 0 Å². The predicted octanol–water partition coefficient (Wildman–Crippen LogP) is 2.67. The van der Waals surface area contributed by atoms with Crippen LogP contribution in [0.25, 0.3) is 0 Å². The number of ether oxygens (including phenoxy) is 1. The second-order valence-corrected chi connectivity index (χ2v) is 6.22. The molecule has 0 bridgehead atoms. The number of fused-ring (bicyclic) bond motifs is 1. The van der Waals surface area contributed by atoms with Gasteiger partial charge in [0.05, 0.1) is 11.5 Å². The summed E-state index contributed by atoms with van der Waals surface area (Å²) in [5, 5.41) is 2.85. The number of hydrogen-bond donors (Lipinski definition) is 1. The standard InChI is InChI=1S/C16H19NO3/c1-9-4-7-13(20-9)14(18)10-5-6-12-11(8-10)16(2,3)15(19)17-12/h5-6,8-9,13H,4,7H2,1-3H3,(H,17,19). The van der Waals surface area contributed by atoms with Gasteiger partial charge in [-0.05, 0) is 57.4 Å². The van der Waals surface area contributed by atoms with Crippen molar-refractivity contribution in [3.8, 4) is 0 Å². The molecule has 0 aliphatic carbocycles. The minimum absolute atomic E-state index is 0.0206. The van der Waals surface area contributed by atoms with Gasteiger partial charge in [0, 0.05) is 11.3 Å². The summed E-state index contributed by atoms with van der Waals surface area (Å²) in [6.07, 6.45) is 1.51. The van der Waals surface area contributed by atoms with Gasteiger partial charge in [0.15, 0.2) is 5.78 Å². The topological polar surface area (TPSA) is 55.4 Å². The maximum atomic E-state index is 12.5. The number of rotatable bonds is 2. The molecule has 1 aromatic rings. The first kappa shape index (κ1) is 13.3. The Kier molecular flexibility index (Phi) is 2.94. The van der Waals surface area contributed by atoms with Crippen LogP contribution in [0.2, 0.25) is 0 Å². The lowest BCUT2D eigenvalue weighted by Gasteiger charge is -2.16. The molecule has 4 heteroatoms. The molecule has 20 heavy (non-hydrogen) atoms. The Labute approximate surface area is 118 Å². The highest BCUT2D eigenvalue weighted by molar-refractivity contribution is 6.07. The van der Waals surface area contributed by atoms with E-state index in [1.54, 1.807) is 6.07 Å². The summed E-state index contributed by atoms with van der Waals surface area (Å²) in [4.78, 5) is 24.4. The number of carbonyl (C=O) groups excluding carboxylic acids is 2. The van der Waals surface area contributed by atoms with E-state index in [0.29, 0.717) is 5.56 Å². The van der Waals surface area contributed by atoms with Crippen molar-refractivity contribution < 1.29 is 14.3 Å². The van der Waals surface area contributed by atoms with Crippen LogP contribution < -0.4 is 5.32 Å². The summed E-state index contributed by atoms with van der Waals surface area (Å²) in [7, 11) is 0. The molecule has 1 saturated heterocycles. The van der Waals surface area contributed by atoms with Gasteiger partial charge in [-0.25, -0.2) is 0 Å². The third-order valence-electron chi connectivity index (χ3n) is 4.32. The lowest BCUT2D eigenvalue weighted by atomic mass is 9.84. The van der Waals surface area contributed by atoms with Crippen LogP contribution in [0.5, 0.6) is 0 Å². The molecule has 2 atom stereocenters. The van der Waals surface area contributed by atoms with Crippen molar-refractivity contribution in [3.63, 3.8) is 0 Å². The molecule has 1 amide bonds. The second-order valence-electron chi connectivity index (χ2n) is 6.22. The van der Waals surface area contributed by atoms with E-state index in [-0.39, 0.29) is 23.9 Å². The molecule has 2 aliphatic rings. The minimum atomic E-state index is -0.588. The molecule has 4 nitrogen and oxygen atoms in total. The van der Waals surface area contributed by atoms with Gasteiger partial charge >= 0.3 is 0 Å². The maximum Gasteiger partial charge on any atom is 0.234 e. The van der Waals surface area contributed by atoms with Gasteiger partial charge < -0.3 is 10.1 Å². The van der Waals surface area contributed by atoms with Gasteiger partial charge in [-0.2, -0.15) is 0 Å². The molecule has 1 aromatic carbocycles. The summed E-state index contributed by atoms with van der Waals surface area (Å²) in [5.41, 5.74) is 1.74. The normalized spacial score (nSPS) is 27.2. The molecule has 2 heterocycles. The smallest absolute Gasteiger partial charge is 0.234 e. The SMILES string of the molecule is CC1CCC(C(=O)c2ccc3c(c2)C(C)(C)C(=O)N3)O1. The number of amides is 1. The molecule has 1 fully saturated rings. The minimum Gasteiger partial charge on any atom is -0.367 e. The van der Waals surface area contributed by atoms with Crippen molar-refractivity contribution in [1.82, 2.24) is 0 Å². The molecular weight excluding hydrogens is 254 g/mol. The lowest BCUT2D eigenvalue weighted by molar-refractivity contribution is -0.119. The lowest BCUT2D eigenvalue weighted by Crippen LogP contribution is -2.27. The van der Waals surface area contributed by atoms with Crippen LogP contribution in [-0.2, 0) is 14.9 Å². The van der Waals surface area contributed by atoms with Crippen molar-refractivity contribution in [1.29, 1.82) is 0 Å². The predicted molar refractivity (Wildman–Crippen MR) is 76.0 cm³/mol. The molecule has 0 aromatic heterocycles. The van der Waals surface area contributed by atoms with Gasteiger partial charge in [-0.3, -0.25) is 9.59 Å². The number of ketones is 1. The Bertz CT molecular complexity index is 591. The van der Waals surface area contributed by atoms with Crippen LogP contribution in [-0.4, -0.2) is 23.9 Å². The van der Waals surface area contributed by atoms with Gasteiger partial charge in [-0.15, -0.1) is 0 Å². The highest BCUT2D eigenvalue weighted by Crippen LogP contribution is 2.38. The molecule has 0 saturated carbocycles. The van der Waals surface area contributed by atoms with E-state index < -0.39 is 5.41 Å². The van der Waals surface area contributed by atoms with E-state index in [2.05, 4.69) is 5.32 Å². The number of benzene rings is 1. The van der Waals surface area contributed by atoms with Crippen molar-refractivity contribution in [3.05, 3.63) is 29.3 Å². The van der Waals surface area contributed by atoms with Gasteiger partial charge in [0.25, 0.3) is 0 Å². The van der Waals surface area contributed by atoms with E-state index in [0.717, 1.165) is 24.1 Å². The summed E-state index contributed by atoms with van der Waals surface area (Å²) >= 11 is 0. The first-order valence-electron chi connectivity index (χ1n) is 7.05. The van der Waals surface area contributed by atoms with Crippen LogP contribution in [0.15, 0.2) is 18.2 Å². The fourth-order valence-electron chi connectivity index (χ4n) is 2.91. The molecule has 2 unspecified atom stereocenters. The number of carbonyl (C=O) groups is 2. The number of hydrogen-bond acceptors (Lipinski definition) is 3. The third kappa shape index (κ3) is 1.95. The van der Waals surface area contributed by atoms with Crippen molar-refractivity contribution in [2.75, 3.05) is 5.32 Å². The molecule has 0 radical (unpaired) electrons. The fraction of sp³-hybridized carbons (Fsp3) is 0.500. The number of Topliss-reactive ketones (excluding diaryl/α,β-unsaturated/α-hetero) is 1. The zero-order valence-corrected chi connectivity index (χ0v) is 12.0. The van der Waals surface area contributed by atoms with Gasteiger partial charge in [-0.1, -0.05) is 0 Å². The molecule has 0 spiro atoms. The fourth-order valence-corrected chi connectivity index (χ4v) is 2.91.